The van der Waals surface area contributed by atoms with E-state index in [2.05, 4.69) is 17.3 Å². The van der Waals surface area contributed by atoms with E-state index < -0.39 is 0 Å². The van der Waals surface area contributed by atoms with Gasteiger partial charge in [-0.15, -0.1) is 11.6 Å². The van der Waals surface area contributed by atoms with Crippen molar-refractivity contribution < 1.29 is 4.84 Å². The Morgan fingerprint density at radius 3 is 2.81 bits per heavy atom. The second kappa shape index (κ2) is 4.10. The topological polar surface area (TPSA) is 21.6 Å². The molecule has 3 heteroatoms. The average Bonchev–Trinajstić information content (AvgIpc) is 2.75. The second-order valence-electron chi connectivity index (χ2n) is 4.47. The molecule has 0 amide bonds. The van der Waals surface area contributed by atoms with Gasteiger partial charge in [0.2, 0.25) is 0 Å². The summed E-state index contributed by atoms with van der Waals surface area (Å²) < 4.78 is 0. The zero-order valence-corrected chi connectivity index (χ0v) is 9.73. The van der Waals surface area contributed by atoms with E-state index in [1.807, 2.05) is 18.2 Å². The van der Waals surface area contributed by atoms with Crippen LogP contribution in [0, 0.1) is 5.92 Å². The van der Waals surface area contributed by atoms with Gasteiger partial charge in [0.15, 0.2) is 6.10 Å². The van der Waals surface area contributed by atoms with Gasteiger partial charge in [-0.2, -0.15) is 0 Å². The summed E-state index contributed by atoms with van der Waals surface area (Å²) in [6.45, 7) is 0. The lowest BCUT2D eigenvalue weighted by Crippen LogP contribution is -2.35. The highest BCUT2D eigenvalue weighted by Crippen LogP contribution is 2.37. The van der Waals surface area contributed by atoms with Crippen LogP contribution in [0.5, 0.6) is 0 Å². The van der Waals surface area contributed by atoms with Gasteiger partial charge >= 0.3 is 0 Å². The predicted octanol–water partition coefficient (Wildman–Crippen LogP) is 3.20. The van der Waals surface area contributed by atoms with Crippen LogP contribution in [0.25, 0.3) is 0 Å². The molecule has 1 aromatic rings. The van der Waals surface area contributed by atoms with Crippen LogP contribution >= 0.6 is 11.6 Å². The highest BCUT2D eigenvalue weighted by atomic mass is 35.5. The molecule has 1 aliphatic carbocycles. The van der Waals surface area contributed by atoms with Gasteiger partial charge in [-0.25, -0.2) is 0 Å². The summed E-state index contributed by atoms with van der Waals surface area (Å²) in [5.74, 6) is 0.388. The first kappa shape index (κ1) is 10.2. The van der Waals surface area contributed by atoms with E-state index in [-0.39, 0.29) is 11.5 Å². The van der Waals surface area contributed by atoms with E-state index >= 15 is 0 Å². The van der Waals surface area contributed by atoms with Gasteiger partial charge in [0, 0.05) is 5.92 Å². The molecule has 3 rings (SSSR count). The van der Waals surface area contributed by atoms with Crippen LogP contribution in [0.15, 0.2) is 35.5 Å². The maximum atomic E-state index is 6.27. The van der Waals surface area contributed by atoms with E-state index in [9.17, 15) is 0 Å². The van der Waals surface area contributed by atoms with Crippen LogP contribution in [0.3, 0.4) is 0 Å². The van der Waals surface area contributed by atoms with Gasteiger partial charge in [0.1, 0.15) is 0 Å². The highest BCUT2D eigenvalue weighted by molar-refractivity contribution is 6.21. The van der Waals surface area contributed by atoms with Crippen molar-refractivity contribution in [1.82, 2.24) is 0 Å². The van der Waals surface area contributed by atoms with Crippen molar-refractivity contribution >= 4 is 17.3 Å². The van der Waals surface area contributed by atoms with Crippen molar-refractivity contribution in [2.75, 3.05) is 0 Å². The van der Waals surface area contributed by atoms with Crippen molar-refractivity contribution in [3.05, 3.63) is 35.9 Å². The number of halogens is 1. The Labute approximate surface area is 100 Å². The lowest BCUT2D eigenvalue weighted by Gasteiger charge is -2.27. The number of oxime groups is 1. The van der Waals surface area contributed by atoms with E-state index in [1.54, 1.807) is 0 Å². The van der Waals surface area contributed by atoms with Gasteiger partial charge in [-0.05, 0) is 18.4 Å². The Hall–Kier alpha value is -1.02. The molecular formula is C13H14ClNO. The zero-order valence-electron chi connectivity index (χ0n) is 8.97. The van der Waals surface area contributed by atoms with Gasteiger partial charge < -0.3 is 4.84 Å². The Balaban J connectivity index is 1.88. The average molecular weight is 236 g/mol. The molecule has 16 heavy (non-hydrogen) atoms. The summed E-state index contributed by atoms with van der Waals surface area (Å²) in [6, 6.07) is 10.3. The third-order valence-corrected chi connectivity index (χ3v) is 3.91. The Bertz CT molecular complexity index is 404. The summed E-state index contributed by atoms with van der Waals surface area (Å²) in [7, 11) is 0. The van der Waals surface area contributed by atoms with Gasteiger partial charge in [0.05, 0.1) is 11.1 Å². The lowest BCUT2D eigenvalue weighted by atomic mass is 9.81. The van der Waals surface area contributed by atoms with Crippen LogP contribution < -0.4 is 0 Å². The van der Waals surface area contributed by atoms with Crippen molar-refractivity contribution in [1.29, 1.82) is 0 Å². The first-order valence-corrected chi connectivity index (χ1v) is 6.23. The molecule has 0 unspecified atom stereocenters. The van der Waals surface area contributed by atoms with E-state index in [0.717, 1.165) is 18.6 Å². The van der Waals surface area contributed by atoms with E-state index in [0.29, 0.717) is 5.92 Å². The standard InChI is InChI=1S/C13H14ClNO/c14-11-8-4-7-10-12(15-16-13(10)11)9-5-2-1-3-6-9/h1-3,5-6,10-11,13H,4,7-8H2/t10-,11+,13+/m0/s1. The summed E-state index contributed by atoms with van der Waals surface area (Å²) in [4.78, 5) is 5.49. The fourth-order valence-electron chi connectivity index (χ4n) is 2.61. The molecule has 84 valence electrons. The zero-order chi connectivity index (χ0) is 11.0. The molecule has 0 N–H and O–H groups in total. The maximum absolute atomic E-state index is 6.27. The quantitative estimate of drug-likeness (QED) is 0.685. The molecule has 1 aliphatic heterocycles. The number of hydrogen-bond acceptors (Lipinski definition) is 2. The van der Waals surface area contributed by atoms with Crippen LogP contribution in [0.2, 0.25) is 0 Å². The number of hydrogen-bond donors (Lipinski definition) is 0. The summed E-state index contributed by atoms with van der Waals surface area (Å²) in [5.41, 5.74) is 2.25. The first-order valence-electron chi connectivity index (χ1n) is 5.79. The van der Waals surface area contributed by atoms with E-state index in [1.165, 1.54) is 12.0 Å². The van der Waals surface area contributed by atoms with Crippen molar-refractivity contribution in [3.63, 3.8) is 0 Å². The van der Waals surface area contributed by atoms with Crippen molar-refractivity contribution in [3.8, 4) is 0 Å². The molecule has 0 saturated heterocycles. The summed E-state index contributed by atoms with van der Waals surface area (Å²) in [5, 5.41) is 4.35. The number of fused-ring (bicyclic) bond motifs is 1. The molecule has 0 aromatic heterocycles. The van der Waals surface area contributed by atoms with Gasteiger partial charge in [-0.1, -0.05) is 41.9 Å². The van der Waals surface area contributed by atoms with Crippen LogP contribution in [-0.4, -0.2) is 17.2 Å². The first-order chi connectivity index (χ1) is 7.86. The molecule has 0 bridgehead atoms. The number of rotatable bonds is 1. The maximum Gasteiger partial charge on any atom is 0.152 e. The third-order valence-electron chi connectivity index (χ3n) is 3.44. The molecule has 1 aromatic carbocycles. The second-order valence-corrected chi connectivity index (χ2v) is 5.03. The summed E-state index contributed by atoms with van der Waals surface area (Å²) >= 11 is 6.27. The molecule has 1 saturated carbocycles. The SMILES string of the molecule is Cl[C@@H]1CCC[C@H]2C(c3ccccc3)=NO[C@@H]12. The fourth-order valence-corrected chi connectivity index (χ4v) is 2.98. The molecule has 2 nitrogen and oxygen atoms in total. The molecule has 3 atom stereocenters. The minimum absolute atomic E-state index is 0.0885. The predicted molar refractivity (Wildman–Crippen MR) is 64.8 cm³/mol. The van der Waals surface area contributed by atoms with E-state index in [4.69, 9.17) is 16.4 Å². The minimum Gasteiger partial charge on any atom is -0.390 e. The smallest absolute Gasteiger partial charge is 0.152 e. The molecule has 0 radical (unpaired) electrons. The Morgan fingerprint density at radius 2 is 2.00 bits per heavy atom. The fraction of sp³-hybridized carbons (Fsp3) is 0.462. The van der Waals surface area contributed by atoms with Crippen molar-refractivity contribution in [2.24, 2.45) is 11.1 Å². The van der Waals surface area contributed by atoms with Crippen molar-refractivity contribution in [2.45, 2.75) is 30.7 Å². The number of alkyl halides is 1. The Kier molecular flexibility index (Phi) is 2.60. The molecule has 1 heterocycles. The monoisotopic (exact) mass is 235 g/mol. The van der Waals surface area contributed by atoms with Crippen LogP contribution in [-0.2, 0) is 4.84 Å². The van der Waals surface area contributed by atoms with Gasteiger partial charge in [0.25, 0.3) is 0 Å². The molecular weight excluding hydrogens is 222 g/mol. The minimum atomic E-state index is 0.0885. The molecule has 1 fully saturated rings. The third kappa shape index (κ3) is 1.61. The molecule has 2 aliphatic rings. The lowest BCUT2D eigenvalue weighted by molar-refractivity contribution is 0.0429. The highest BCUT2D eigenvalue weighted by Gasteiger charge is 2.41. The molecule has 0 spiro atoms. The van der Waals surface area contributed by atoms with Crippen LogP contribution in [0.1, 0.15) is 24.8 Å². The normalized spacial score (nSPS) is 32.8. The van der Waals surface area contributed by atoms with Crippen LogP contribution in [0.4, 0.5) is 0 Å². The Morgan fingerprint density at radius 1 is 1.19 bits per heavy atom. The number of benzene rings is 1. The van der Waals surface area contributed by atoms with Gasteiger partial charge in [-0.3, -0.25) is 0 Å². The summed E-state index contributed by atoms with van der Waals surface area (Å²) in [6.07, 6.45) is 3.44. The number of nitrogens with zero attached hydrogens (tertiary/aromatic N) is 1. The largest absolute Gasteiger partial charge is 0.390 e.